The molecule has 16 unspecified atom stereocenters. The van der Waals surface area contributed by atoms with Crippen LogP contribution in [0.1, 0.15) is 258 Å². The molecule has 12 heterocycles. The molecule has 12 aromatic carbocycles. The molecule has 6 N–H and O–H groups in total. The molecule has 6 saturated heterocycles. The first-order chi connectivity index (χ1) is 70.9. The molecule has 7 fully saturated rings. The highest BCUT2D eigenvalue weighted by molar-refractivity contribution is 6.31. The van der Waals surface area contributed by atoms with Crippen molar-refractivity contribution in [2.75, 3.05) is 85.5 Å². The number of halogens is 8. The second-order valence-electron chi connectivity index (χ2n) is 39.1. The molecule has 0 aromatic heterocycles. The second kappa shape index (κ2) is 44.3. The lowest BCUT2D eigenvalue weighted by atomic mass is 9.85. The first-order valence-electron chi connectivity index (χ1n) is 49.5. The van der Waals surface area contributed by atoms with Gasteiger partial charge < -0.3 is 93.5 Å². The standard InChI is InChI=1S/C22H23NO4.2C19H19ClFNO2.C19H16F2N2O2.C19H19F2NO2.C18H16N2O2/c1-13(24)27-16-9-7-15(8-10-16)19-22-21(25-11-12-26-22)18-4-2-3-17(14-5-6-14)20(18)23-19;2*1-10(2)11-6-7-15-12(8-11)18-19(24-9-23-18)17(22-15)16-13(20)4-3-5-14(16)21;20-13-8-12(9-14(21)10-13)17-19-18(24-5-6-25-19)15-7-11(3-4-22)1-2-16(15)23-17;1-10(2)11-6-7-15-12(8-11)18-19(24-9-23-18)17(22-15)16-13(20)4-3-5-14(16)21;19-9-8-12-6-7-15-14(10-12)17-18(22-11-21-17)16(20-15)13-4-2-1-3-5-13/h2-4,7-10,14,19,21-23H,5-6,11-12H2,1H3;2*3-8,10,17-19,22H,9H2,1-2H3;1-2,7-10,17-19,23H,3,5-6H2;3-8,10,17-19,22H,9H2,1-2H3;1-7,10,16-18,20H,8,11H2/t;17-,18?,19?;;;17-,18?,19?;/m.0..0./s1. The molecule has 0 amide bonds. The van der Waals surface area contributed by atoms with Crippen molar-refractivity contribution >= 4 is 63.3 Å². The number of hydrogen-bond acceptors (Lipinski definition) is 22. The summed E-state index contributed by atoms with van der Waals surface area (Å²) in [6, 6.07) is 74.2. The maximum absolute atomic E-state index is 14.4. The van der Waals surface area contributed by atoms with Crippen LogP contribution >= 0.6 is 23.2 Å². The molecule has 0 bridgehead atoms. The van der Waals surface area contributed by atoms with Gasteiger partial charge in [-0.15, -0.1) is 0 Å². The van der Waals surface area contributed by atoms with E-state index in [-0.39, 0.29) is 129 Å². The fraction of sp³-hybridized carbons (Fsp3) is 0.353. The number of nitriles is 2. The maximum atomic E-state index is 14.4. The van der Waals surface area contributed by atoms with Crippen LogP contribution in [0.15, 0.2) is 237 Å². The zero-order valence-corrected chi connectivity index (χ0v) is 82.8. The lowest BCUT2D eigenvalue weighted by Crippen LogP contribution is -2.43. The lowest BCUT2D eigenvalue weighted by molar-refractivity contribution is -0.151. The maximum Gasteiger partial charge on any atom is 0.308 e. The summed E-state index contributed by atoms with van der Waals surface area (Å²) in [7, 11) is 0. The van der Waals surface area contributed by atoms with Crippen molar-refractivity contribution in [3.63, 3.8) is 0 Å². The van der Waals surface area contributed by atoms with Gasteiger partial charge in [-0.2, -0.15) is 10.5 Å². The van der Waals surface area contributed by atoms with E-state index < -0.39 is 47.6 Å². The van der Waals surface area contributed by atoms with Crippen LogP contribution in [0.5, 0.6) is 5.75 Å². The van der Waals surface area contributed by atoms with Gasteiger partial charge in [0.15, 0.2) is 0 Å². The summed E-state index contributed by atoms with van der Waals surface area (Å²) in [6.45, 7) is 17.2. The number of nitrogens with zero attached hydrogens (tertiary/aromatic N) is 2. The smallest absolute Gasteiger partial charge is 0.308 e. The number of anilines is 6. The number of nitrogens with one attached hydrogen (secondary N) is 6. The topological polar surface area (TPSA) is 257 Å². The molecule has 30 heteroatoms. The van der Waals surface area contributed by atoms with Gasteiger partial charge in [0.2, 0.25) is 0 Å². The SMILES string of the molecule is CC(=O)Oc1ccc(C2Nc3c(C4CC4)cccc3C3OCCOC23)cc1.CC(C)c1ccc2c(c1)C1OCOC1C(c1c(F)cccc1Cl)N2.CC(C)c1ccc2c(c1)C1OCOC1[C@H](c1c(F)cccc1Cl)N2.CC(C)c1ccc2c(c1)C1OCOC1[C@H](c1c(F)cccc1F)N2.N#CCc1ccc2c(c1)C1OCCOC1C(c1cc(F)cc(F)c1)N2.N#CCc1ccc2c(c1)C1OCOC1C(c1ccccc1)N2. The monoisotopic (exact) mass is 2020 g/mol. The number of hydrogen-bond donors (Lipinski definition) is 6. The number of carbonyl (C=O) groups is 1. The molecule has 0 radical (unpaired) electrons. The first kappa shape index (κ1) is 101. The average molecular weight is 2030 g/mol. The first-order valence-corrected chi connectivity index (χ1v) is 50.3. The van der Waals surface area contributed by atoms with Gasteiger partial charge in [0.05, 0.1) is 87.7 Å². The predicted molar refractivity (Wildman–Crippen MR) is 541 cm³/mol. The minimum absolute atomic E-state index is 0.00316. The van der Waals surface area contributed by atoms with Crippen molar-refractivity contribution in [1.29, 1.82) is 10.5 Å². The molecular formula is C116H112Cl2F6N8O14. The van der Waals surface area contributed by atoms with Crippen LogP contribution < -0.4 is 36.6 Å². The number of rotatable bonds is 13. The molecule has 1 saturated carbocycles. The molecule has 756 valence electrons. The van der Waals surface area contributed by atoms with E-state index >= 15 is 0 Å². The Hall–Kier alpha value is -12.4. The highest BCUT2D eigenvalue weighted by Crippen LogP contribution is 2.56. The third-order valence-corrected chi connectivity index (χ3v) is 29.5. The van der Waals surface area contributed by atoms with E-state index in [4.69, 9.17) is 95.3 Å². The van der Waals surface area contributed by atoms with Gasteiger partial charge in [-0.1, -0.05) is 192 Å². The summed E-state index contributed by atoms with van der Waals surface area (Å²) in [6.07, 6.45) is 0.341. The lowest BCUT2D eigenvalue weighted by Gasteiger charge is -2.43. The molecule has 18 atom stereocenters. The molecule has 1 aliphatic carbocycles. The normalized spacial score (nSPS) is 25.5. The summed E-state index contributed by atoms with van der Waals surface area (Å²) >= 11 is 12.5. The van der Waals surface area contributed by atoms with E-state index in [0.717, 1.165) is 79.0 Å². The van der Waals surface area contributed by atoms with Crippen LogP contribution in [0.25, 0.3) is 0 Å². The summed E-state index contributed by atoms with van der Waals surface area (Å²) in [5.74, 6) is -0.950. The number of para-hydroxylation sites is 1. The van der Waals surface area contributed by atoms with Gasteiger partial charge in [0.25, 0.3) is 0 Å². The third kappa shape index (κ3) is 21.2. The third-order valence-electron chi connectivity index (χ3n) is 28.9. The van der Waals surface area contributed by atoms with Gasteiger partial charge in [-0.3, -0.25) is 4.79 Å². The van der Waals surface area contributed by atoms with Crippen molar-refractivity contribution in [3.05, 3.63) is 382 Å². The van der Waals surface area contributed by atoms with Gasteiger partial charge in [0.1, 0.15) is 141 Å². The van der Waals surface area contributed by atoms with E-state index in [1.807, 2.05) is 97.1 Å². The van der Waals surface area contributed by atoms with E-state index in [1.165, 1.54) is 101 Å². The molecule has 12 aliphatic heterocycles. The van der Waals surface area contributed by atoms with E-state index in [1.54, 1.807) is 24.3 Å². The van der Waals surface area contributed by atoms with Crippen molar-refractivity contribution in [3.8, 4) is 17.9 Å². The molecule has 146 heavy (non-hydrogen) atoms. The Morgan fingerprint density at radius 3 is 1.10 bits per heavy atom. The van der Waals surface area contributed by atoms with Crippen molar-refractivity contribution in [1.82, 2.24) is 0 Å². The van der Waals surface area contributed by atoms with E-state index in [0.29, 0.717) is 102 Å². The zero-order valence-electron chi connectivity index (χ0n) is 81.3. The quantitative estimate of drug-likeness (QED) is 0.0356. The minimum Gasteiger partial charge on any atom is -0.427 e. The largest absolute Gasteiger partial charge is 0.427 e. The fourth-order valence-electron chi connectivity index (χ4n) is 21.6. The van der Waals surface area contributed by atoms with Gasteiger partial charge in [0, 0.05) is 107 Å². The number of benzene rings is 12. The molecule has 25 rings (SSSR count). The highest BCUT2D eigenvalue weighted by Gasteiger charge is 2.51. The summed E-state index contributed by atoms with van der Waals surface area (Å²) < 4.78 is 160. The zero-order chi connectivity index (χ0) is 101. The Labute approximate surface area is 853 Å². The summed E-state index contributed by atoms with van der Waals surface area (Å²) in [5.41, 5.74) is 22.7. The second-order valence-corrected chi connectivity index (χ2v) is 39.9. The van der Waals surface area contributed by atoms with Crippen LogP contribution in [-0.4, -0.2) is 96.2 Å². The molecule has 0 spiro atoms. The molecule has 13 aliphatic rings. The van der Waals surface area contributed by atoms with Crippen LogP contribution in [0.2, 0.25) is 10.0 Å². The van der Waals surface area contributed by atoms with Crippen LogP contribution in [0.4, 0.5) is 60.5 Å². The highest BCUT2D eigenvalue weighted by atomic mass is 35.5. The number of carbonyl (C=O) groups excluding carboxylic acids is 1. The average Bonchev–Trinajstić information content (AvgIpc) is 1.29. The Balaban J connectivity index is 0.000000107. The van der Waals surface area contributed by atoms with Crippen molar-refractivity contribution in [2.45, 2.75) is 207 Å². The minimum atomic E-state index is -0.629. The van der Waals surface area contributed by atoms with Crippen LogP contribution in [0, 0.1) is 57.6 Å². The summed E-state index contributed by atoms with van der Waals surface area (Å²) in [4.78, 5) is 11.2. The van der Waals surface area contributed by atoms with Crippen molar-refractivity contribution in [2.24, 2.45) is 0 Å². The summed E-state index contributed by atoms with van der Waals surface area (Å²) in [5, 5.41) is 39.3. The van der Waals surface area contributed by atoms with Crippen LogP contribution in [-0.2, 0) is 74.5 Å². The Morgan fingerprint density at radius 1 is 0.342 bits per heavy atom. The number of esters is 1. The Morgan fingerprint density at radius 2 is 0.685 bits per heavy atom. The van der Waals surface area contributed by atoms with Gasteiger partial charge in [-0.25, -0.2) is 26.3 Å². The van der Waals surface area contributed by atoms with E-state index in [9.17, 15) is 31.1 Å². The van der Waals surface area contributed by atoms with Crippen molar-refractivity contribution < 1.29 is 92.7 Å². The Bertz CT molecular complexity index is 6470. The molecule has 12 aromatic rings. The van der Waals surface area contributed by atoms with Gasteiger partial charge in [-0.05, 0) is 190 Å². The number of ether oxygens (including phenoxy) is 13. The fourth-order valence-corrected chi connectivity index (χ4v) is 22.1. The van der Waals surface area contributed by atoms with Gasteiger partial charge >= 0.3 is 5.97 Å². The van der Waals surface area contributed by atoms with Crippen LogP contribution in [0.3, 0.4) is 0 Å². The number of fused-ring (bicyclic) bond motifs is 18. The van der Waals surface area contributed by atoms with E-state index in [2.05, 4.69) is 152 Å². The predicted octanol–water partition coefficient (Wildman–Crippen LogP) is 26.1. The molecule has 22 nitrogen and oxygen atoms in total. The Kier molecular flexibility index (Phi) is 30.6. The molecular weight excluding hydrogens is 1910 g/mol.